The van der Waals surface area contributed by atoms with Crippen molar-refractivity contribution in [2.45, 2.75) is 12.5 Å². The van der Waals surface area contributed by atoms with Crippen LogP contribution < -0.4 is 15.6 Å². The minimum atomic E-state index is -2.57. The normalized spacial score (nSPS) is 17.5. The summed E-state index contributed by atoms with van der Waals surface area (Å²) in [6.07, 6.45) is 1.11. The first-order valence-electron chi connectivity index (χ1n) is 8.82. The fourth-order valence-corrected chi connectivity index (χ4v) is 7.66. The molecule has 0 N–H and O–H groups in total. The third-order valence-electron chi connectivity index (χ3n) is 4.77. The molecular formula is C22H22O2Si. The van der Waals surface area contributed by atoms with Gasteiger partial charge >= 0.3 is 0 Å². The van der Waals surface area contributed by atoms with Crippen molar-refractivity contribution >= 4 is 23.9 Å². The van der Waals surface area contributed by atoms with Gasteiger partial charge in [0.15, 0.2) is 0 Å². The maximum atomic E-state index is 6.97. The number of hydrogen-bond acceptors (Lipinski definition) is 2. The first-order valence-corrected chi connectivity index (χ1v) is 10.7. The zero-order valence-corrected chi connectivity index (χ0v) is 15.2. The van der Waals surface area contributed by atoms with Crippen LogP contribution in [0.1, 0.15) is 6.42 Å². The Morgan fingerprint density at radius 2 is 1.12 bits per heavy atom. The summed E-state index contributed by atoms with van der Waals surface area (Å²) in [5.74, 6) is 0. The van der Waals surface area contributed by atoms with Crippen LogP contribution in [-0.2, 0) is 9.16 Å². The molecule has 1 aliphatic heterocycles. The summed E-state index contributed by atoms with van der Waals surface area (Å²) in [6.45, 7) is 1.47. The van der Waals surface area contributed by atoms with Crippen molar-refractivity contribution in [2.24, 2.45) is 0 Å². The van der Waals surface area contributed by atoms with Crippen molar-refractivity contribution in [2.75, 3.05) is 13.2 Å². The second-order valence-corrected chi connectivity index (χ2v) is 9.71. The molecule has 1 unspecified atom stereocenters. The summed E-state index contributed by atoms with van der Waals surface area (Å²) in [4.78, 5) is 0. The summed E-state index contributed by atoms with van der Waals surface area (Å²) in [5, 5.41) is 3.83. The van der Waals surface area contributed by atoms with E-state index in [4.69, 9.17) is 9.16 Å². The summed E-state index contributed by atoms with van der Waals surface area (Å²) >= 11 is 0. The van der Waals surface area contributed by atoms with Gasteiger partial charge in [0, 0.05) is 6.61 Å². The third-order valence-corrected chi connectivity index (χ3v) is 8.90. The van der Waals surface area contributed by atoms with Gasteiger partial charge in [-0.25, -0.2) is 0 Å². The molecule has 1 aliphatic rings. The summed E-state index contributed by atoms with van der Waals surface area (Å²) < 4.78 is 12.6. The van der Waals surface area contributed by atoms with E-state index in [0.29, 0.717) is 6.61 Å². The predicted octanol–water partition coefficient (Wildman–Crippen LogP) is 2.46. The highest BCUT2D eigenvalue weighted by Gasteiger charge is 2.44. The van der Waals surface area contributed by atoms with Crippen LogP contribution in [0.15, 0.2) is 91.0 Å². The van der Waals surface area contributed by atoms with E-state index in [9.17, 15) is 0 Å². The molecule has 0 bridgehead atoms. The van der Waals surface area contributed by atoms with Gasteiger partial charge in [0.25, 0.3) is 8.32 Å². The second-order valence-electron chi connectivity index (χ2n) is 6.38. The Morgan fingerprint density at radius 1 is 0.680 bits per heavy atom. The fourth-order valence-electron chi connectivity index (χ4n) is 3.58. The van der Waals surface area contributed by atoms with Gasteiger partial charge < -0.3 is 9.16 Å². The van der Waals surface area contributed by atoms with Crippen LogP contribution in [0, 0.1) is 0 Å². The van der Waals surface area contributed by atoms with Crippen LogP contribution in [0.2, 0.25) is 0 Å². The Kier molecular flexibility index (Phi) is 4.79. The van der Waals surface area contributed by atoms with Crippen molar-refractivity contribution < 1.29 is 9.16 Å². The summed E-state index contributed by atoms with van der Waals surface area (Å²) in [6, 6.07) is 32.1. The Bertz CT molecular complexity index is 687. The van der Waals surface area contributed by atoms with Crippen LogP contribution in [0.4, 0.5) is 0 Å². The van der Waals surface area contributed by atoms with Gasteiger partial charge in [-0.05, 0) is 22.0 Å². The van der Waals surface area contributed by atoms with Crippen LogP contribution >= 0.6 is 0 Å². The molecule has 3 aromatic carbocycles. The van der Waals surface area contributed by atoms with E-state index in [1.54, 1.807) is 0 Å². The largest absolute Gasteiger partial charge is 0.399 e. The molecule has 0 aromatic heterocycles. The number of benzene rings is 3. The van der Waals surface area contributed by atoms with Gasteiger partial charge in [-0.2, -0.15) is 0 Å². The van der Waals surface area contributed by atoms with Crippen molar-refractivity contribution in [3.63, 3.8) is 0 Å². The molecule has 0 amide bonds. The molecule has 0 saturated carbocycles. The maximum Gasteiger partial charge on any atom is 0.288 e. The number of rotatable bonds is 5. The van der Waals surface area contributed by atoms with Crippen molar-refractivity contribution in [1.82, 2.24) is 0 Å². The average molecular weight is 347 g/mol. The van der Waals surface area contributed by atoms with Crippen LogP contribution in [0.25, 0.3) is 0 Å². The van der Waals surface area contributed by atoms with Crippen molar-refractivity contribution in [3.8, 4) is 0 Å². The quantitative estimate of drug-likeness (QED) is 0.522. The van der Waals surface area contributed by atoms with E-state index < -0.39 is 8.32 Å². The number of ether oxygens (including phenoxy) is 1. The van der Waals surface area contributed by atoms with Crippen molar-refractivity contribution in [1.29, 1.82) is 0 Å². The van der Waals surface area contributed by atoms with E-state index in [1.807, 2.05) is 0 Å². The highest BCUT2D eigenvalue weighted by atomic mass is 28.4. The van der Waals surface area contributed by atoms with Gasteiger partial charge in [0.2, 0.25) is 0 Å². The molecular weight excluding hydrogens is 324 g/mol. The van der Waals surface area contributed by atoms with Crippen molar-refractivity contribution in [3.05, 3.63) is 91.0 Å². The molecule has 1 atom stereocenters. The SMILES string of the molecule is c1ccc([Si](OC2CCOC2)(c2ccccc2)c2ccccc2)cc1. The molecule has 0 radical (unpaired) electrons. The standard InChI is InChI=1S/C22H22O2Si/c1-4-10-20(11-5-1)25(21-12-6-2-7-13-21,22-14-8-3-9-15-22)24-19-16-17-23-18-19/h1-15,19H,16-18H2. The van der Waals surface area contributed by atoms with E-state index in [2.05, 4.69) is 91.0 Å². The molecule has 25 heavy (non-hydrogen) atoms. The van der Waals surface area contributed by atoms with E-state index in [-0.39, 0.29) is 6.10 Å². The lowest BCUT2D eigenvalue weighted by molar-refractivity contribution is 0.141. The van der Waals surface area contributed by atoms with Crippen LogP contribution in [0.3, 0.4) is 0 Å². The maximum absolute atomic E-state index is 6.97. The lowest BCUT2D eigenvalue weighted by Gasteiger charge is -2.35. The average Bonchev–Trinajstić information content (AvgIpc) is 3.21. The topological polar surface area (TPSA) is 18.5 Å². The molecule has 3 heteroatoms. The van der Waals surface area contributed by atoms with Gasteiger partial charge in [0.1, 0.15) is 0 Å². The fraction of sp³-hybridized carbons (Fsp3) is 0.182. The minimum Gasteiger partial charge on any atom is -0.399 e. The molecule has 1 fully saturated rings. The zero-order chi connectivity index (χ0) is 17.0. The first kappa shape index (κ1) is 16.3. The Hall–Kier alpha value is -2.20. The summed E-state index contributed by atoms with van der Waals surface area (Å²) in [7, 11) is -2.57. The zero-order valence-electron chi connectivity index (χ0n) is 14.2. The Labute approximate surface area is 150 Å². The van der Waals surface area contributed by atoms with Gasteiger partial charge in [0.05, 0.1) is 12.7 Å². The molecule has 0 spiro atoms. The third kappa shape index (κ3) is 3.18. The lowest BCUT2D eigenvalue weighted by Crippen LogP contribution is -2.70. The molecule has 0 aliphatic carbocycles. The molecule has 1 saturated heterocycles. The van der Waals surface area contributed by atoms with E-state index in [0.717, 1.165) is 13.0 Å². The molecule has 1 heterocycles. The van der Waals surface area contributed by atoms with Gasteiger partial charge in [-0.3, -0.25) is 0 Å². The van der Waals surface area contributed by atoms with Gasteiger partial charge in [-0.15, -0.1) is 0 Å². The monoisotopic (exact) mass is 346 g/mol. The first-order chi connectivity index (χ1) is 12.4. The van der Waals surface area contributed by atoms with E-state index >= 15 is 0 Å². The Balaban J connectivity index is 1.93. The highest BCUT2D eigenvalue weighted by molar-refractivity contribution is 7.07. The molecule has 126 valence electrons. The highest BCUT2D eigenvalue weighted by Crippen LogP contribution is 2.17. The molecule has 4 rings (SSSR count). The summed E-state index contributed by atoms with van der Waals surface area (Å²) in [5.41, 5.74) is 0. The lowest BCUT2D eigenvalue weighted by atomic mass is 10.3. The van der Waals surface area contributed by atoms with Crippen LogP contribution in [0.5, 0.6) is 0 Å². The van der Waals surface area contributed by atoms with E-state index in [1.165, 1.54) is 15.6 Å². The smallest absolute Gasteiger partial charge is 0.288 e. The molecule has 2 nitrogen and oxygen atoms in total. The van der Waals surface area contributed by atoms with Gasteiger partial charge in [-0.1, -0.05) is 91.0 Å². The Morgan fingerprint density at radius 3 is 1.48 bits per heavy atom. The minimum absolute atomic E-state index is 0.146. The predicted molar refractivity (Wildman–Crippen MR) is 104 cm³/mol. The number of hydrogen-bond donors (Lipinski definition) is 0. The van der Waals surface area contributed by atoms with Crippen LogP contribution in [-0.4, -0.2) is 27.6 Å². The molecule has 3 aromatic rings. The second kappa shape index (κ2) is 7.36.